The van der Waals surface area contributed by atoms with Gasteiger partial charge in [0, 0.05) is 18.3 Å². The monoisotopic (exact) mass is 315 g/mol. The summed E-state index contributed by atoms with van der Waals surface area (Å²) >= 11 is 0.938. The number of nitrogens with two attached hydrogens (primary N) is 1. The molecule has 1 amide bonds. The van der Waals surface area contributed by atoms with Gasteiger partial charge in [-0.15, -0.1) is 23.7 Å². The molecule has 4 nitrogen and oxygen atoms in total. The van der Waals surface area contributed by atoms with E-state index in [0.29, 0.717) is 17.8 Å². The third kappa shape index (κ3) is 4.05. The average Bonchev–Trinajstić information content (AvgIpc) is 2.84. The highest BCUT2D eigenvalue weighted by molar-refractivity contribution is 7.09. The fourth-order valence-corrected chi connectivity index (χ4v) is 2.18. The van der Waals surface area contributed by atoms with Crippen LogP contribution in [0.15, 0.2) is 5.38 Å². The fraction of sp³-hybridized carbons (Fsp3) is 0.600. The Hall–Kier alpha value is -0.860. The highest BCUT2D eigenvalue weighted by Gasteiger charge is 2.45. The lowest BCUT2D eigenvalue weighted by atomic mass is 10.2. The molecule has 0 aliphatic heterocycles. The zero-order chi connectivity index (χ0) is 13.4. The highest BCUT2D eigenvalue weighted by atomic mass is 35.5. The summed E-state index contributed by atoms with van der Waals surface area (Å²) in [6.45, 7) is 0.253. The van der Waals surface area contributed by atoms with E-state index < -0.39 is 17.4 Å². The van der Waals surface area contributed by atoms with Crippen LogP contribution >= 0.6 is 23.7 Å². The van der Waals surface area contributed by atoms with Gasteiger partial charge >= 0.3 is 6.18 Å². The van der Waals surface area contributed by atoms with E-state index in [1.54, 1.807) is 0 Å². The summed E-state index contributed by atoms with van der Waals surface area (Å²) in [7, 11) is 0. The molecule has 0 radical (unpaired) electrons. The first kappa shape index (κ1) is 16.2. The Kier molecular flexibility index (Phi) is 4.81. The van der Waals surface area contributed by atoms with Crippen molar-refractivity contribution in [2.75, 3.05) is 6.54 Å². The van der Waals surface area contributed by atoms with Crippen molar-refractivity contribution in [3.63, 3.8) is 0 Å². The summed E-state index contributed by atoms with van der Waals surface area (Å²) in [5, 5.41) is 3.93. The van der Waals surface area contributed by atoms with Gasteiger partial charge in [0.15, 0.2) is 5.69 Å². The second kappa shape index (κ2) is 5.64. The molecule has 1 fully saturated rings. The number of hydrogen-bond donors (Lipinski definition) is 2. The molecule has 0 aromatic carbocycles. The van der Waals surface area contributed by atoms with E-state index in [1.165, 1.54) is 0 Å². The van der Waals surface area contributed by atoms with Crippen LogP contribution in [0.25, 0.3) is 0 Å². The van der Waals surface area contributed by atoms with E-state index in [9.17, 15) is 18.0 Å². The number of carbonyl (C=O) groups is 1. The molecule has 1 aliphatic rings. The maximum absolute atomic E-state index is 12.3. The van der Waals surface area contributed by atoms with E-state index in [-0.39, 0.29) is 31.3 Å². The Morgan fingerprint density at radius 1 is 1.53 bits per heavy atom. The normalized spacial score (nSPS) is 16.6. The smallest absolute Gasteiger partial charge is 0.354 e. The zero-order valence-electron chi connectivity index (χ0n) is 9.79. The number of carbonyl (C=O) groups excluding carboxylic acids is 1. The molecule has 3 N–H and O–H groups in total. The molecular weight excluding hydrogens is 303 g/mol. The van der Waals surface area contributed by atoms with E-state index in [4.69, 9.17) is 5.73 Å². The van der Waals surface area contributed by atoms with Crippen LogP contribution in [0.1, 0.15) is 23.5 Å². The maximum atomic E-state index is 12.3. The van der Waals surface area contributed by atoms with Crippen LogP contribution in [0.4, 0.5) is 13.2 Å². The average molecular weight is 316 g/mol. The lowest BCUT2D eigenvalue weighted by Crippen LogP contribution is -2.43. The van der Waals surface area contributed by atoms with Gasteiger partial charge in [-0.3, -0.25) is 4.79 Å². The predicted octanol–water partition coefficient (Wildman–Crippen LogP) is 1.73. The summed E-state index contributed by atoms with van der Waals surface area (Å²) in [4.78, 5) is 14.9. The second-order valence-electron chi connectivity index (χ2n) is 4.29. The summed E-state index contributed by atoms with van der Waals surface area (Å²) < 4.78 is 36.8. The molecule has 1 aromatic rings. The molecule has 1 aliphatic carbocycles. The van der Waals surface area contributed by atoms with Crippen LogP contribution in [0, 0.1) is 0 Å². The summed E-state index contributed by atoms with van der Waals surface area (Å²) in [6.07, 6.45) is -2.81. The van der Waals surface area contributed by atoms with Crippen molar-refractivity contribution in [3.05, 3.63) is 16.1 Å². The minimum atomic E-state index is -4.41. The molecule has 2 rings (SSSR count). The van der Waals surface area contributed by atoms with Gasteiger partial charge in [-0.1, -0.05) is 0 Å². The van der Waals surface area contributed by atoms with Crippen molar-refractivity contribution < 1.29 is 18.0 Å². The SMILES string of the molecule is Cl.NC1(C(=O)NCCc2nc(C(F)(F)F)cs2)CC1. The first-order valence-corrected chi connectivity index (χ1v) is 6.28. The first-order chi connectivity index (χ1) is 8.31. The standard InChI is InChI=1S/C10H12F3N3OS.ClH/c11-10(12,13)6-5-18-7(16-6)1-4-15-8(17)9(14)2-3-9;/h5H,1-4,14H2,(H,15,17);1H. The van der Waals surface area contributed by atoms with E-state index in [0.717, 1.165) is 16.7 Å². The molecule has 0 atom stereocenters. The molecule has 1 heterocycles. The largest absolute Gasteiger partial charge is 0.434 e. The molecule has 1 aromatic heterocycles. The Labute approximate surface area is 118 Å². The maximum Gasteiger partial charge on any atom is 0.434 e. The van der Waals surface area contributed by atoms with Gasteiger partial charge in [-0.05, 0) is 12.8 Å². The predicted molar refractivity (Wildman–Crippen MR) is 67.2 cm³/mol. The van der Waals surface area contributed by atoms with Crippen LogP contribution < -0.4 is 11.1 Å². The number of halogens is 4. The quantitative estimate of drug-likeness (QED) is 0.889. The van der Waals surface area contributed by atoms with Crippen LogP contribution in [-0.2, 0) is 17.4 Å². The molecule has 108 valence electrons. The van der Waals surface area contributed by atoms with Gasteiger partial charge in [-0.25, -0.2) is 4.98 Å². The molecule has 0 unspecified atom stereocenters. The van der Waals surface area contributed by atoms with Gasteiger partial charge in [0.1, 0.15) is 0 Å². The lowest BCUT2D eigenvalue weighted by molar-refractivity contribution is -0.140. The number of nitrogens with one attached hydrogen (secondary N) is 1. The third-order valence-corrected chi connectivity index (χ3v) is 3.62. The van der Waals surface area contributed by atoms with Crippen molar-refractivity contribution in [2.24, 2.45) is 5.73 Å². The number of hydrogen-bond acceptors (Lipinski definition) is 4. The molecule has 0 bridgehead atoms. The fourth-order valence-electron chi connectivity index (χ4n) is 1.38. The van der Waals surface area contributed by atoms with Crippen molar-refractivity contribution >= 4 is 29.7 Å². The van der Waals surface area contributed by atoms with Crippen LogP contribution in [0.5, 0.6) is 0 Å². The molecule has 0 spiro atoms. The molecular formula is C10H13ClF3N3OS. The first-order valence-electron chi connectivity index (χ1n) is 5.40. The number of alkyl halides is 3. The van der Waals surface area contributed by atoms with Gasteiger partial charge < -0.3 is 11.1 Å². The van der Waals surface area contributed by atoms with E-state index >= 15 is 0 Å². The number of aromatic nitrogens is 1. The Bertz CT molecular complexity index is 459. The summed E-state index contributed by atoms with van der Waals surface area (Å²) in [5.41, 5.74) is 4.02. The van der Waals surface area contributed by atoms with Gasteiger partial charge in [0.05, 0.1) is 10.5 Å². The highest BCUT2D eigenvalue weighted by Crippen LogP contribution is 2.32. The topological polar surface area (TPSA) is 68.0 Å². The summed E-state index contributed by atoms with van der Waals surface area (Å²) in [5.74, 6) is -0.241. The molecule has 0 saturated heterocycles. The van der Waals surface area contributed by atoms with Crippen molar-refractivity contribution in [3.8, 4) is 0 Å². The Morgan fingerprint density at radius 3 is 2.63 bits per heavy atom. The van der Waals surface area contributed by atoms with E-state index in [2.05, 4.69) is 10.3 Å². The van der Waals surface area contributed by atoms with Crippen molar-refractivity contribution in [1.82, 2.24) is 10.3 Å². The van der Waals surface area contributed by atoms with Crippen molar-refractivity contribution in [1.29, 1.82) is 0 Å². The number of nitrogens with zero attached hydrogens (tertiary/aromatic N) is 1. The van der Waals surface area contributed by atoms with Crippen molar-refractivity contribution in [2.45, 2.75) is 31.0 Å². The Morgan fingerprint density at radius 2 is 2.16 bits per heavy atom. The summed E-state index contributed by atoms with van der Waals surface area (Å²) in [6, 6.07) is 0. The van der Waals surface area contributed by atoms with Gasteiger partial charge in [0.25, 0.3) is 0 Å². The lowest BCUT2D eigenvalue weighted by Gasteiger charge is -2.08. The number of amides is 1. The minimum Gasteiger partial charge on any atom is -0.354 e. The van der Waals surface area contributed by atoms with Crippen LogP contribution in [0.2, 0.25) is 0 Å². The zero-order valence-corrected chi connectivity index (χ0v) is 11.4. The third-order valence-electron chi connectivity index (χ3n) is 2.71. The minimum absolute atomic E-state index is 0. The molecule has 9 heteroatoms. The van der Waals surface area contributed by atoms with E-state index in [1.807, 2.05) is 0 Å². The van der Waals surface area contributed by atoms with Crippen LogP contribution in [-0.4, -0.2) is 23.0 Å². The number of rotatable bonds is 4. The van der Waals surface area contributed by atoms with Crippen LogP contribution in [0.3, 0.4) is 0 Å². The second-order valence-corrected chi connectivity index (χ2v) is 5.23. The molecule has 1 saturated carbocycles. The Balaban J connectivity index is 0.00000180. The number of thiazole rings is 1. The molecule has 19 heavy (non-hydrogen) atoms. The van der Waals surface area contributed by atoms with Gasteiger partial charge in [0.2, 0.25) is 5.91 Å². The van der Waals surface area contributed by atoms with Gasteiger partial charge in [-0.2, -0.15) is 13.2 Å².